The number of anilines is 1. The van der Waals surface area contributed by atoms with E-state index in [0.717, 1.165) is 53.8 Å². The summed E-state index contributed by atoms with van der Waals surface area (Å²) in [6, 6.07) is 5.78. The van der Waals surface area contributed by atoms with E-state index >= 15 is 0 Å². The van der Waals surface area contributed by atoms with Crippen LogP contribution in [0.25, 0.3) is 11.6 Å². The zero-order chi connectivity index (χ0) is 25.5. The van der Waals surface area contributed by atoms with Crippen LogP contribution in [0.2, 0.25) is 0 Å². The molecular formula is C30H34N2O4. The molecular weight excluding hydrogens is 452 g/mol. The Balaban J connectivity index is 1.60. The fourth-order valence-corrected chi connectivity index (χ4v) is 4.90. The maximum Gasteiger partial charge on any atom is 0.306 e. The van der Waals surface area contributed by atoms with Crippen molar-refractivity contribution in [2.24, 2.45) is 0 Å². The fourth-order valence-electron chi connectivity index (χ4n) is 4.90. The van der Waals surface area contributed by atoms with Gasteiger partial charge in [-0.1, -0.05) is 44.1 Å². The van der Waals surface area contributed by atoms with Gasteiger partial charge in [-0.3, -0.25) is 14.4 Å². The molecule has 2 N–H and O–H groups in total. The Morgan fingerprint density at radius 3 is 2.81 bits per heavy atom. The molecule has 2 aliphatic rings. The van der Waals surface area contributed by atoms with Gasteiger partial charge in [0.15, 0.2) is 5.78 Å². The number of carbonyl (C=O) groups excluding carboxylic acids is 3. The predicted octanol–water partition coefficient (Wildman–Crippen LogP) is 5.84. The van der Waals surface area contributed by atoms with E-state index in [0.29, 0.717) is 36.3 Å². The second-order valence-corrected chi connectivity index (χ2v) is 9.34. The molecule has 1 aliphatic carbocycles. The standard InChI is InChI=1S/C30H34N2O4/c1-3-5-6-7-8-9-11-20-14-15-21-23(30(35)32-25(21)18-20)19-26-22(16-17-28(34)36-4-2)29-24(31-26)12-10-13-27(29)33/h14-15,18-19,31H,3-8,10,12-13,16-17H2,1-2H3,(H,32,35). The van der Waals surface area contributed by atoms with Crippen LogP contribution in [0.4, 0.5) is 5.69 Å². The molecule has 188 valence electrons. The number of amides is 1. The lowest BCUT2D eigenvalue weighted by molar-refractivity contribution is -0.143. The summed E-state index contributed by atoms with van der Waals surface area (Å²) in [6.07, 6.45) is 10.1. The molecule has 2 aromatic rings. The number of unbranched alkanes of at least 4 members (excludes halogenated alkanes) is 4. The monoisotopic (exact) mass is 486 g/mol. The Kier molecular flexibility index (Phi) is 8.43. The summed E-state index contributed by atoms with van der Waals surface area (Å²) < 4.78 is 5.09. The summed E-state index contributed by atoms with van der Waals surface area (Å²) >= 11 is 0. The Morgan fingerprint density at radius 2 is 2.00 bits per heavy atom. The van der Waals surface area contributed by atoms with Crippen LogP contribution in [0.3, 0.4) is 0 Å². The van der Waals surface area contributed by atoms with Crippen LogP contribution in [0, 0.1) is 11.8 Å². The van der Waals surface area contributed by atoms with Crippen LogP contribution < -0.4 is 5.32 Å². The zero-order valence-electron chi connectivity index (χ0n) is 21.2. The number of nitrogens with one attached hydrogen (secondary N) is 2. The van der Waals surface area contributed by atoms with E-state index in [-0.39, 0.29) is 24.1 Å². The van der Waals surface area contributed by atoms with Crippen molar-refractivity contribution in [1.82, 2.24) is 4.98 Å². The van der Waals surface area contributed by atoms with Crippen molar-refractivity contribution in [2.75, 3.05) is 11.9 Å². The quantitative estimate of drug-likeness (QED) is 0.202. The smallest absolute Gasteiger partial charge is 0.306 e. The van der Waals surface area contributed by atoms with Crippen molar-refractivity contribution >= 4 is 35.0 Å². The topological polar surface area (TPSA) is 88.3 Å². The highest BCUT2D eigenvalue weighted by molar-refractivity contribution is 6.35. The molecule has 4 rings (SSSR count). The van der Waals surface area contributed by atoms with E-state index < -0.39 is 0 Å². The molecule has 0 fully saturated rings. The Hall–Kier alpha value is -3.59. The predicted molar refractivity (Wildman–Crippen MR) is 142 cm³/mol. The zero-order valence-corrected chi connectivity index (χ0v) is 21.2. The van der Waals surface area contributed by atoms with E-state index in [1.54, 1.807) is 6.92 Å². The lowest BCUT2D eigenvalue weighted by atomic mass is 9.91. The van der Waals surface area contributed by atoms with Gasteiger partial charge in [0.1, 0.15) is 0 Å². The maximum absolute atomic E-state index is 12.9. The number of hydrogen-bond acceptors (Lipinski definition) is 4. The summed E-state index contributed by atoms with van der Waals surface area (Å²) in [5, 5.41) is 2.95. The van der Waals surface area contributed by atoms with Gasteiger partial charge in [-0.15, -0.1) is 0 Å². The number of aromatic nitrogens is 1. The second-order valence-electron chi connectivity index (χ2n) is 9.34. The molecule has 2 heterocycles. The number of carbonyl (C=O) groups is 3. The molecule has 0 spiro atoms. The molecule has 1 aliphatic heterocycles. The van der Waals surface area contributed by atoms with Crippen LogP contribution in [-0.2, 0) is 27.2 Å². The first-order chi connectivity index (χ1) is 17.5. The third-order valence-corrected chi connectivity index (χ3v) is 6.69. The molecule has 0 bridgehead atoms. The van der Waals surface area contributed by atoms with Gasteiger partial charge in [-0.25, -0.2) is 0 Å². The third kappa shape index (κ3) is 5.79. The second kappa shape index (κ2) is 11.9. The molecule has 0 saturated carbocycles. The van der Waals surface area contributed by atoms with Crippen molar-refractivity contribution < 1.29 is 19.1 Å². The molecule has 1 aromatic carbocycles. The number of ketones is 1. The van der Waals surface area contributed by atoms with Crippen LogP contribution in [0.15, 0.2) is 18.2 Å². The average Bonchev–Trinajstić information content (AvgIpc) is 3.37. The molecule has 1 aromatic heterocycles. The van der Waals surface area contributed by atoms with Gasteiger partial charge < -0.3 is 15.0 Å². The van der Waals surface area contributed by atoms with Crippen molar-refractivity contribution in [1.29, 1.82) is 0 Å². The Bertz CT molecular complexity index is 1260. The van der Waals surface area contributed by atoms with Gasteiger partial charge in [0.2, 0.25) is 0 Å². The number of Topliss-reactive ketones (excluding diaryl/α,β-unsaturated/α-hetero) is 1. The SMILES string of the molecule is CCCCCCC#Cc1ccc2c(c1)NC(=O)C2=Cc1[nH]c2c(c1CCC(=O)OCC)C(=O)CCC2. The number of fused-ring (bicyclic) bond motifs is 2. The summed E-state index contributed by atoms with van der Waals surface area (Å²) in [7, 11) is 0. The minimum absolute atomic E-state index is 0.0881. The number of H-pyrrole nitrogens is 1. The summed E-state index contributed by atoms with van der Waals surface area (Å²) in [4.78, 5) is 41.0. The number of aromatic amines is 1. The fraction of sp³-hybridized carbons (Fsp3) is 0.433. The first kappa shape index (κ1) is 25.5. The first-order valence-corrected chi connectivity index (χ1v) is 13.1. The molecule has 6 heteroatoms. The molecule has 0 radical (unpaired) electrons. The van der Waals surface area contributed by atoms with Gasteiger partial charge in [-0.2, -0.15) is 0 Å². The van der Waals surface area contributed by atoms with Crippen molar-refractivity contribution in [3.63, 3.8) is 0 Å². The summed E-state index contributed by atoms with van der Waals surface area (Å²) in [5.74, 6) is 6.04. The highest BCUT2D eigenvalue weighted by Crippen LogP contribution is 2.36. The van der Waals surface area contributed by atoms with Crippen molar-refractivity contribution in [3.05, 3.63) is 51.8 Å². The summed E-state index contributed by atoms with van der Waals surface area (Å²) in [6.45, 7) is 4.29. The molecule has 0 saturated heterocycles. The van der Waals surface area contributed by atoms with Crippen LogP contribution in [0.1, 0.15) is 104 Å². The highest BCUT2D eigenvalue weighted by atomic mass is 16.5. The minimum atomic E-state index is -0.294. The minimum Gasteiger partial charge on any atom is -0.466 e. The number of benzene rings is 1. The van der Waals surface area contributed by atoms with Gasteiger partial charge >= 0.3 is 5.97 Å². The van der Waals surface area contributed by atoms with E-state index in [1.807, 2.05) is 24.3 Å². The number of ether oxygens (including phenoxy) is 1. The van der Waals surface area contributed by atoms with Crippen LogP contribution in [0.5, 0.6) is 0 Å². The molecule has 6 nitrogen and oxygen atoms in total. The highest BCUT2D eigenvalue weighted by Gasteiger charge is 2.29. The molecule has 0 atom stereocenters. The number of aryl methyl sites for hydroxylation is 1. The van der Waals surface area contributed by atoms with E-state index in [1.165, 1.54) is 19.3 Å². The van der Waals surface area contributed by atoms with Gasteiger partial charge in [-0.05, 0) is 56.4 Å². The number of esters is 1. The Labute approximate surface area is 212 Å². The lowest BCUT2D eigenvalue weighted by Crippen LogP contribution is -2.12. The number of hydrogen-bond donors (Lipinski definition) is 2. The van der Waals surface area contributed by atoms with Gasteiger partial charge in [0.25, 0.3) is 5.91 Å². The average molecular weight is 487 g/mol. The lowest BCUT2D eigenvalue weighted by Gasteiger charge is -2.11. The number of rotatable bonds is 9. The molecule has 0 unspecified atom stereocenters. The summed E-state index contributed by atoms with van der Waals surface area (Å²) in [5.41, 5.74) is 6.04. The molecule has 1 amide bonds. The first-order valence-electron chi connectivity index (χ1n) is 13.1. The van der Waals surface area contributed by atoms with Crippen molar-refractivity contribution in [2.45, 2.75) is 78.1 Å². The maximum atomic E-state index is 12.9. The van der Waals surface area contributed by atoms with E-state index in [9.17, 15) is 14.4 Å². The Morgan fingerprint density at radius 1 is 1.14 bits per heavy atom. The normalized spacial score (nSPS) is 15.2. The van der Waals surface area contributed by atoms with E-state index in [2.05, 4.69) is 29.1 Å². The van der Waals surface area contributed by atoms with Gasteiger partial charge in [0, 0.05) is 47.3 Å². The largest absolute Gasteiger partial charge is 0.466 e. The third-order valence-electron chi connectivity index (χ3n) is 6.69. The van der Waals surface area contributed by atoms with Crippen LogP contribution in [-0.4, -0.2) is 29.3 Å². The van der Waals surface area contributed by atoms with Crippen molar-refractivity contribution in [3.8, 4) is 11.8 Å². The molecule has 36 heavy (non-hydrogen) atoms. The van der Waals surface area contributed by atoms with Gasteiger partial charge in [0.05, 0.1) is 17.9 Å². The van der Waals surface area contributed by atoms with Crippen LogP contribution >= 0.6 is 0 Å². The van der Waals surface area contributed by atoms with E-state index in [4.69, 9.17) is 4.74 Å².